The summed E-state index contributed by atoms with van der Waals surface area (Å²) in [6.45, 7) is 6.82. The molecule has 0 aromatic heterocycles. The summed E-state index contributed by atoms with van der Waals surface area (Å²) in [6.07, 6.45) is 3.53. The second-order valence-corrected chi connectivity index (χ2v) is 4.53. The minimum absolute atomic E-state index is 0.143. The number of ether oxygens (including phenoxy) is 1. The van der Waals surface area contributed by atoms with E-state index in [4.69, 9.17) is 4.74 Å². The van der Waals surface area contributed by atoms with Gasteiger partial charge in [-0.05, 0) is 30.7 Å². The number of benzene rings is 1. The number of anilines is 1. The average molecular weight is 290 g/mol. The first kappa shape index (κ1) is 16.9. The van der Waals surface area contributed by atoms with Crippen molar-refractivity contribution in [2.75, 3.05) is 25.0 Å². The molecule has 0 radical (unpaired) electrons. The van der Waals surface area contributed by atoms with Crippen LogP contribution in [0.5, 0.6) is 0 Å². The summed E-state index contributed by atoms with van der Waals surface area (Å²) in [5.41, 5.74) is 1.12. The van der Waals surface area contributed by atoms with Crippen molar-refractivity contribution in [3.05, 3.63) is 42.5 Å². The van der Waals surface area contributed by atoms with Crippen molar-refractivity contribution in [2.45, 2.75) is 19.8 Å². The maximum atomic E-state index is 11.7. The fourth-order valence-electron chi connectivity index (χ4n) is 1.58. The molecule has 2 N–H and O–H groups in total. The van der Waals surface area contributed by atoms with Crippen LogP contribution in [0.15, 0.2) is 36.9 Å². The first-order valence-corrected chi connectivity index (χ1v) is 7.06. The summed E-state index contributed by atoms with van der Waals surface area (Å²) < 4.78 is 5.11. The minimum Gasteiger partial charge on any atom is -0.462 e. The first-order chi connectivity index (χ1) is 10.2. The Kier molecular flexibility index (Phi) is 7.82. The van der Waals surface area contributed by atoms with Gasteiger partial charge in [-0.2, -0.15) is 0 Å². The van der Waals surface area contributed by atoms with E-state index < -0.39 is 0 Å². The van der Waals surface area contributed by atoms with Crippen LogP contribution in [-0.4, -0.2) is 31.6 Å². The van der Waals surface area contributed by atoms with Crippen LogP contribution >= 0.6 is 0 Å². The van der Waals surface area contributed by atoms with E-state index >= 15 is 0 Å². The van der Waals surface area contributed by atoms with Crippen LogP contribution in [0, 0.1) is 0 Å². The number of carbonyl (C=O) groups is 2. The van der Waals surface area contributed by atoms with Crippen LogP contribution in [-0.2, 0) is 9.53 Å². The van der Waals surface area contributed by atoms with Gasteiger partial charge in [0.25, 0.3) is 0 Å². The van der Waals surface area contributed by atoms with Crippen molar-refractivity contribution in [1.82, 2.24) is 5.32 Å². The molecule has 0 fully saturated rings. The highest BCUT2D eigenvalue weighted by atomic mass is 16.5. The van der Waals surface area contributed by atoms with E-state index in [9.17, 15) is 9.59 Å². The second-order valence-electron chi connectivity index (χ2n) is 4.53. The molecule has 0 aliphatic carbocycles. The molecule has 0 aliphatic rings. The summed E-state index contributed by atoms with van der Waals surface area (Å²) in [5.74, 6) is -0.482. The topological polar surface area (TPSA) is 67.4 Å². The molecule has 5 nitrogen and oxygen atoms in total. The van der Waals surface area contributed by atoms with Gasteiger partial charge >= 0.3 is 5.97 Å². The molecule has 0 saturated carbocycles. The highest BCUT2D eigenvalue weighted by Crippen LogP contribution is 2.10. The molecule has 1 rings (SSSR count). The number of hydrogen-bond acceptors (Lipinski definition) is 4. The molecule has 21 heavy (non-hydrogen) atoms. The number of unbranched alkanes of at least 4 members (excludes halogenated alkanes) is 1. The zero-order chi connectivity index (χ0) is 15.5. The van der Waals surface area contributed by atoms with Crippen molar-refractivity contribution < 1.29 is 14.3 Å². The lowest BCUT2D eigenvalue weighted by Gasteiger charge is -2.07. The van der Waals surface area contributed by atoms with Gasteiger partial charge < -0.3 is 15.4 Å². The van der Waals surface area contributed by atoms with Gasteiger partial charge in [-0.15, -0.1) is 6.58 Å². The lowest BCUT2D eigenvalue weighted by molar-refractivity contribution is -0.115. The molecule has 114 valence electrons. The number of hydrogen-bond donors (Lipinski definition) is 2. The number of nitrogens with one attached hydrogen (secondary N) is 2. The van der Waals surface area contributed by atoms with Gasteiger partial charge in [0.15, 0.2) is 0 Å². The van der Waals surface area contributed by atoms with Crippen molar-refractivity contribution in [3.8, 4) is 0 Å². The summed E-state index contributed by atoms with van der Waals surface area (Å²) in [5, 5.41) is 5.64. The van der Waals surface area contributed by atoms with Gasteiger partial charge in [0.2, 0.25) is 5.91 Å². The number of carbonyl (C=O) groups excluding carboxylic acids is 2. The fourth-order valence-corrected chi connectivity index (χ4v) is 1.58. The third-order valence-corrected chi connectivity index (χ3v) is 2.71. The summed E-state index contributed by atoms with van der Waals surface area (Å²) in [4.78, 5) is 23.3. The molecule has 0 bridgehead atoms. The van der Waals surface area contributed by atoms with Crippen LogP contribution < -0.4 is 10.6 Å². The molecule has 0 spiro atoms. The second kappa shape index (κ2) is 9.72. The van der Waals surface area contributed by atoms with Gasteiger partial charge in [-0.1, -0.05) is 19.4 Å². The normalized spacial score (nSPS) is 9.95. The Morgan fingerprint density at radius 1 is 1.29 bits per heavy atom. The SMILES string of the molecule is C=CCNCC(=O)Nc1ccc(C(=O)OCCCC)cc1. The third-order valence-electron chi connectivity index (χ3n) is 2.71. The number of esters is 1. The summed E-state index contributed by atoms with van der Waals surface area (Å²) >= 11 is 0. The Labute approximate surface area is 125 Å². The largest absolute Gasteiger partial charge is 0.462 e. The molecule has 0 atom stereocenters. The van der Waals surface area contributed by atoms with Gasteiger partial charge in [0, 0.05) is 12.2 Å². The van der Waals surface area contributed by atoms with E-state index in [2.05, 4.69) is 17.2 Å². The van der Waals surface area contributed by atoms with Crippen LogP contribution in [0.1, 0.15) is 30.1 Å². The fraction of sp³-hybridized carbons (Fsp3) is 0.375. The molecule has 5 heteroatoms. The number of amides is 1. The van der Waals surface area contributed by atoms with E-state index in [-0.39, 0.29) is 18.4 Å². The molecule has 0 unspecified atom stereocenters. The van der Waals surface area contributed by atoms with Crippen LogP contribution in [0.4, 0.5) is 5.69 Å². The summed E-state index contributed by atoms with van der Waals surface area (Å²) in [6, 6.07) is 6.64. The lowest BCUT2D eigenvalue weighted by atomic mass is 10.2. The quantitative estimate of drug-likeness (QED) is 0.416. The first-order valence-electron chi connectivity index (χ1n) is 7.06. The van der Waals surface area contributed by atoms with E-state index in [1.165, 1.54) is 0 Å². The lowest BCUT2D eigenvalue weighted by Crippen LogP contribution is -2.28. The third kappa shape index (κ3) is 6.72. The molecule has 1 amide bonds. The maximum absolute atomic E-state index is 11.7. The number of rotatable bonds is 9. The molecule has 1 aromatic rings. The van der Waals surface area contributed by atoms with Crippen molar-refractivity contribution in [2.24, 2.45) is 0 Å². The maximum Gasteiger partial charge on any atom is 0.338 e. The van der Waals surface area contributed by atoms with Gasteiger partial charge in [-0.25, -0.2) is 4.79 Å². The Morgan fingerprint density at radius 2 is 2.00 bits per heavy atom. The highest BCUT2D eigenvalue weighted by molar-refractivity contribution is 5.94. The predicted molar refractivity (Wildman–Crippen MR) is 83.3 cm³/mol. The predicted octanol–water partition coefficient (Wildman–Crippen LogP) is 2.36. The Balaban J connectivity index is 2.44. The van der Waals surface area contributed by atoms with Crippen LogP contribution in [0.2, 0.25) is 0 Å². The smallest absolute Gasteiger partial charge is 0.338 e. The molecule has 0 saturated heterocycles. The van der Waals surface area contributed by atoms with E-state index in [1.54, 1.807) is 30.3 Å². The molecule has 0 aliphatic heterocycles. The van der Waals surface area contributed by atoms with Crippen LogP contribution in [0.3, 0.4) is 0 Å². The van der Waals surface area contributed by atoms with E-state index in [0.717, 1.165) is 12.8 Å². The monoisotopic (exact) mass is 290 g/mol. The van der Waals surface area contributed by atoms with Gasteiger partial charge in [0.05, 0.1) is 18.7 Å². The van der Waals surface area contributed by atoms with Gasteiger partial charge in [0.1, 0.15) is 0 Å². The highest BCUT2D eigenvalue weighted by Gasteiger charge is 2.07. The summed E-state index contributed by atoms with van der Waals surface area (Å²) in [7, 11) is 0. The Bertz CT molecular complexity index is 469. The zero-order valence-corrected chi connectivity index (χ0v) is 12.4. The van der Waals surface area contributed by atoms with Gasteiger partial charge in [-0.3, -0.25) is 4.79 Å². The standard InChI is InChI=1S/C16H22N2O3/c1-3-5-11-21-16(20)13-6-8-14(9-7-13)18-15(19)12-17-10-4-2/h4,6-9,17H,2-3,5,10-12H2,1H3,(H,18,19). The van der Waals surface area contributed by atoms with E-state index in [1.807, 2.05) is 6.92 Å². The van der Waals surface area contributed by atoms with Crippen molar-refractivity contribution in [3.63, 3.8) is 0 Å². The minimum atomic E-state index is -0.339. The molecular formula is C16H22N2O3. The zero-order valence-electron chi connectivity index (χ0n) is 12.4. The Morgan fingerprint density at radius 3 is 2.62 bits per heavy atom. The Hall–Kier alpha value is -2.14. The average Bonchev–Trinajstić information content (AvgIpc) is 2.48. The molecule has 0 heterocycles. The van der Waals surface area contributed by atoms with Crippen molar-refractivity contribution in [1.29, 1.82) is 0 Å². The van der Waals surface area contributed by atoms with E-state index in [0.29, 0.717) is 24.4 Å². The molecule has 1 aromatic carbocycles. The van der Waals surface area contributed by atoms with Crippen molar-refractivity contribution >= 4 is 17.6 Å². The molecular weight excluding hydrogens is 268 g/mol. The van der Waals surface area contributed by atoms with Crippen LogP contribution in [0.25, 0.3) is 0 Å².